The maximum Gasteiger partial charge on any atom is 0.350 e. The number of aromatic nitrogens is 3. The van der Waals surface area contributed by atoms with E-state index >= 15 is 0 Å². The SMILES string of the molecule is CCn1c(C)nn(-c2ccc(Sc3cccc(C4(C(N)=O)CCOCC4)c3)cc2)c1=O. The van der Waals surface area contributed by atoms with Crippen LogP contribution in [-0.4, -0.2) is 33.5 Å². The molecular weight excluding hydrogens is 412 g/mol. The highest BCUT2D eigenvalue weighted by Gasteiger charge is 2.40. The number of aryl methyl sites for hydroxylation is 1. The number of hydrogen-bond donors (Lipinski definition) is 1. The van der Waals surface area contributed by atoms with E-state index in [4.69, 9.17) is 10.5 Å². The fourth-order valence-corrected chi connectivity index (χ4v) is 4.95. The average molecular weight is 439 g/mol. The topological polar surface area (TPSA) is 92.1 Å². The number of amides is 1. The summed E-state index contributed by atoms with van der Waals surface area (Å²) in [5, 5.41) is 4.36. The van der Waals surface area contributed by atoms with Crippen molar-refractivity contribution in [3.05, 3.63) is 70.4 Å². The minimum Gasteiger partial charge on any atom is -0.381 e. The Morgan fingerprint density at radius 2 is 1.87 bits per heavy atom. The molecule has 1 aromatic heterocycles. The van der Waals surface area contributed by atoms with E-state index in [0.717, 1.165) is 21.0 Å². The molecule has 1 aliphatic heterocycles. The fourth-order valence-electron chi connectivity index (χ4n) is 4.07. The molecule has 1 amide bonds. The van der Waals surface area contributed by atoms with Gasteiger partial charge < -0.3 is 10.5 Å². The van der Waals surface area contributed by atoms with Gasteiger partial charge in [-0.25, -0.2) is 4.79 Å². The van der Waals surface area contributed by atoms with E-state index in [9.17, 15) is 9.59 Å². The predicted molar refractivity (Wildman–Crippen MR) is 120 cm³/mol. The van der Waals surface area contributed by atoms with Gasteiger partial charge in [0.25, 0.3) is 0 Å². The molecule has 2 heterocycles. The molecule has 162 valence electrons. The third-order valence-corrected chi connectivity index (χ3v) is 6.88. The summed E-state index contributed by atoms with van der Waals surface area (Å²) < 4.78 is 8.51. The number of ether oxygens (including phenoxy) is 1. The lowest BCUT2D eigenvalue weighted by Crippen LogP contribution is -2.45. The van der Waals surface area contributed by atoms with E-state index in [1.54, 1.807) is 16.3 Å². The largest absolute Gasteiger partial charge is 0.381 e. The van der Waals surface area contributed by atoms with Crippen molar-refractivity contribution in [1.29, 1.82) is 0 Å². The van der Waals surface area contributed by atoms with Crippen molar-refractivity contribution in [1.82, 2.24) is 14.3 Å². The Kier molecular flexibility index (Phi) is 6.02. The normalized spacial score (nSPS) is 15.7. The van der Waals surface area contributed by atoms with Gasteiger partial charge in [0, 0.05) is 29.5 Å². The highest BCUT2D eigenvalue weighted by molar-refractivity contribution is 7.99. The molecule has 0 atom stereocenters. The molecule has 7 nitrogen and oxygen atoms in total. The Labute approximate surface area is 185 Å². The highest BCUT2D eigenvalue weighted by Crippen LogP contribution is 2.37. The quantitative estimate of drug-likeness (QED) is 0.639. The van der Waals surface area contributed by atoms with Gasteiger partial charge in [-0.1, -0.05) is 23.9 Å². The van der Waals surface area contributed by atoms with Crippen molar-refractivity contribution < 1.29 is 9.53 Å². The summed E-state index contributed by atoms with van der Waals surface area (Å²) in [5.41, 5.74) is 6.67. The molecule has 1 aliphatic rings. The third-order valence-electron chi connectivity index (χ3n) is 5.89. The molecule has 4 rings (SSSR count). The minimum atomic E-state index is -0.671. The maximum absolute atomic E-state index is 12.5. The van der Waals surface area contributed by atoms with Crippen molar-refractivity contribution in [2.75, 3.05) is 13.2 Å². The maximum atomic E-state index is 12.5. The summed E-state index contributed by atoms with van der Waals surface area (Å²) in [6, 6.07) is 15.7. The van der Waals surface area contributed by atoms with E-state index in [0.29, 0.717) is 38.4 Å². The highest BCUT2D eigenvalue weighted by atomic mass is 32.2. The number of benzene rings is 2. The third kappa shape index (κ3) is 4.05. The standard InChI is InChI=1S/C23H26N4O3S/c1-3-26-16(2)25-27(22(26)29)18-7-9-19(10-8-18)31-20-6-4-5-17(15-20)23(21(24)28)11-13-30-14-12-23/h4-10,15H,3,11-14H2,1-2H3,(H2,24,28). The van der Waals surface area contributed by atoms with Crippen LogP contribution < -0.4 is 11.4 Å². The van der Waals surface area contributed by atoms with Crippen molar-refractivity contribution >= 4 is 17.7 Å². The van der Waals surface area contributed by atoms with E-state index in [1.807, 2.05) is 62.4 Å². The molecule has 0 aliphatic carbocycles. The van der Waals surface area contributed by atoms with Gasteiger partial charge in [0.1, 0.15) is 5.82 Å². The van der Waals surface area contributed by atoms with Gasteiger partial charge in [0.2, 0.25) is 5.91 Å². The number of rotatable bonds is 6. The Morgan fingerprint density at radius 1 is 1.16 bits per heavy atom. The van der Waals surface area contributed by atoms with E-state index in [2.05, 4.69) is 5.10 Å². The van der Waals surface area contributed by atoms with E-state index in [1.165, 1.54) is 4.68 Å². The second kappa shape index (κ2) is 8.72. The van der Waals surface area contributed by atoms with Gasteiger partial charge in [-0.2, -0.15) is 9.78 Å². The van der Waals surface area contributed by atoms with Crippen molar-refractivity contribution in [3.63, 3.8) is 0 Å². The molecule has 0 unspecified atom stereocenters. The van der Waals surface area contributed by atoms with E-state index < -0.39 is 5.41 Å². The summed E-state index contributed by atoms with van der Waals surface area (Å²) in [5.74, 6) is 0.397. The van der Waals surface area contributed by atoms with Crippen LogP contribution in [0, 0.1) is 6.92 Å². The molecule has 2 aromatic carbocycles. The number of nitrogens with zero attached hydrogens (tertiary/aromatic N) is 3. The number of nitrogens with two attached hydrogens (primary N) is 1. The van der Waals surface area contributed by atoms with Crippen LogP contribution >= 0.6 is 11.8 Å². The van der Waals surface area contributed by atoms with Crippen LogP contribution in [0.2, 0.25) is 0 Å². The lowest BCUT2D eigenvalue weighted by Gasteiger charge is -2.34. The van der Waals surface area contributed by atoms with Crippen LogP contribution in [0.4, 0.5) is 0 Å². The summed E-state index contributed by atoms with van der Waals surface area (Å²) in [4.78, 5) is 26.9. The zero-order chi connectivity index (χ0) is 22.0. The molecule has 31 heavy (non-hydrogen) atoms. The molecule has 0 spiro atoms. The van der Waals surface area contributed by atoms with Crippen LogP contribution in [0.1, 0.15) is 31.2 Å². The molecular formula is C23H26N4O3S. The van der Waals surface area contributed by atoms with Crippen LogP contribution in [0.15, 0.2) is 63.1 Å². The minimum absolute atomic E-state index is 0.138. The van der Waals surface area contributed by atoms with Gasteiger partial charge in [0.05, 0.1) is 11.1 Å². The Balaban J connectivity index is 1.57. The van der Waals surface area contributed by atoms with Crippen molar-refractivity contribution in [2.24, 2.45) is 5.73 Å². The van der Waals surface area contributed by atoms with Crippen LogP contribution in [0.3, 0.4) is 0 Å². The van der Waals surface area contributed by atoms with Gasteiger partial charge in [-0.3, -0.25) is 9.36 Å². The fraction of sp³-hybridized carbons (Fsp3) is 0.348. The van der Waals surface area contributed by atoms with Crippen molar-refractivity contribution in [2.45, 2.75) is 48.4 Å². The van der Waals surface area contributed by atoms with Crippen LogP contribution in [-0.2, 0) is 21.5 Å². The monoisotopic (exact) mass is 438 g/mol. The first-order chi connectivity index (χ1) is 14.9. The Hall–Kier alpha value is -2.84. The average Bonchev–Trinajstić information content (AvgIpc) is 3.08. The molecule has 0 radical (unpaired) electrons. The molecule has 8 heteroatoms. The molecule has 1 saturated heterocycles. The lowest BCUT2D eigenvalue weighted by molar-refractivity contribution is -0.127. The number of carbonyl (C=O) groups excluding carboxylic acids is 1. The second-order valence-corrected chi connectivity index (χ2v) is 8.82. The second-order valence-electron chi connectivity index (χ2n) is 7.67. The first-order valence-corrected chi connectivity index (χ1v) is 11.2. The first-order valence-electron chi connectivity index (χ1n) is 10.4. The lowest BCUT2D eigenvalue weighted by atomic mass is 9.73. The molecule has 2 N–H and O–H groups in total. The Morgan fingerprint density at radius 3 is 2.48 bits per heavy atom. The van der Waals surface area contributed by atoms with Crippen LogP contribution in [0.25, 0.3) is 5.69 Å². The smallest absolute Gasteiger partial charge is 0.350 e. The summed E-state index contributed by atoms with van der Waals surface area (Å²) in [6.07, 6.45) is 1.20. The Bertz CT molecular complexity index is 1140. The van der Waals surface area contributed by atoms with Crippen LogP contribution in [0.5, 0.6) is 0 Å². The number of carbonyl (C=O) groups is 1. The summed E-state index contributed by atoms with van der Waals surface area (Å²) in [6.45, 7) is 5.42. The summed E-state index contributed by atoms with van der Waals surface area (Å²) >= 11 is 1.60. The van der Waals surface area contributed by atoms with Crippen molar-refractivity contribution in [3.8, 4) is 5.69 Å². The molecule has 1 fully saturated rings. The number of primary amides is 1. The predicted octanol–water partition coefficient (Wildman–Crippen LogP) is 3.05. The molecule has 0 saturated carbocycles. The first kappa shape index (κ1) is 21.4. The zero-order valence-corrected chi connectivity index (χ0v) is 18.5. The molecule has 0 bridgehead atoms. The van der Waals surface area contributed by atoms with Gasteiger partial charge >= 0.3 is 5.69 Å². The number of hydrogen-bond acceptors (Lipinski definition) is 5. The zero-order valence-electron chi connectivity index (χ0n) is 17.7. The van der Waals surface area contributed by atoms with Gasteiger partial charge in [0.15, 0.2) is 0 Å². The van der Waals surface area contributed by atoms with E-state index in [-0.39, 0.29) is 11.6 Å². The van der Waals surface area contributed by atoms with Gasteiger partial charge in [-0.05, 0) is 68.7 Å². The summed E-state index contributed by atoms with van der Waals surface area (Å²) in [7, 11) is 0. The molecule has 3 aromatic rings. The van der Waals surface area contributed by atoms with Gasteiger partial charge in [-0.15, -0.1) is 0 Å².